The van der Waals surface area contributed by atoms with Crippen molar-refractivity contribution in [1.82, 2.24) is 4.57 Å². The zero-order valence-corrected chi connectivity index (χ0v) is 22.0. The van der Waals surface area contributed by atoms with Gasteiger partial charge in [-0.1, -0.05) is 51.5 Å². The molecule has 1 unspecified atom stereocenters. The molecule has 35 heavy (non-hydrogen) atoms. The number of phenolic OH excluding ortho intramolecular Hbond substituents is 1. The summed E-state index contributed by atoms with van der Waals surface area (Å²) in [6, 6.07) is 15.8. The number of thiazole rings is 1. The number of thiophene rings is 1. The summed E-state index contributed by atoms with van der Waals surface area (Å²) < 4.78 is 2.79. The number of aromatic nitrogens is 1. The molecule has 2 N–H and O–H groups in total. The highest BCUT2D eigenvalue weighted by molar-refractivity contribution is 9.10. The number of benzene rings is 2. The second-order valence-corrected chi connectivity index (χ2v) is 11.0. The molecule has 0 spiro atoms. The highest BCUT2D eigenvalue weighted by Crippen LogP contribution is 2.33. The second kappa shape index (κ2) is 9.41. The zero-order chi connectivity index (χ0) is 24.7. The average molecular weight is 567 g/mol. The van der Waals surface area contributed by atoms with E-state index in [4.69, 9.17) is 0 Å². The number of aromatic hydroxyl groups is 1. The summed E-state index contributed by atoms with van der Waals surface area (Å²) in [5, 5.41) is 15.2. The Morgan fingerprint density at radius 2 is 1.97 bits per heavy atom. The molecule has 9 heteroatoms. The van der Waals surface area contributed by atoms with Crippen LogP contribution in [0.25, 0.3) is 6.08 Å². The van der Waals surface area contributed by atoms with E-state index in [0.29, 0.717) is 31.9 Å². The summed E-state index contributed by atoms with van der Waals surface area (Å²) in [5.74, 6) is -0.221. The Bertz CT molecular complexity index is 1670. The molecular formula is C26H20BrN3O3S2. The third-order valence-electron chi connectivity index (χ3n) is 5.75. The molecule has 176 valence electrons. The number of hydrogen-bond donors (Lipinski definition) is 2. The van der Waals surface area contributed by atoms with E-state index in [1.54, 1.807) is 35.8 Å². The first-order valence-electron chi connectivity index (χ1n) is 10.7. The minimum atomic E-state index is -0.603. The van der Waals surface area contributed by atoms with Gasteiger partial charge in [0.15, 0.2) is 4.80 Å². The maximum Gasteiger partial charge on any atom is 0.271 e. The van der Waals surface area contributed by atoms with Gasteiger partial charge < -0.3 is 10.4 Å². The first kappa shape index (κ1) is 23.5. The molecule has 0 aliphatic carbocycles. The number of amides is 1. The lowest BCUT2D eigenvalue weighted by molar-refractivity contribution is -0.113. The fourth-order valence-corrected chi connectivity index (χ4v) is 6.25. The lowest BCUT2D eigenvalue weighted by Crippen LogP contribution is -2.40. The van der Waals surface area contributed by atoms with Gasteiger partial charge in [-0.2, -0.15) is 0 Å². The first-order chi connectivity index (χ1) is 16.8. The molecule has 2 aromatic heterocycles. The van der Waals surface area contributed by atoms with Crippen LogP contribution in [0.5, 0.6) is 5.75 Å². The highest BCUT2D eigenvalue weighted by atomic mass is 79.9. The number of carbonyl (C=O) groups is 1. The number of anilines is 1. The minimum Gasteiger partial charge on any atom is -0.507 e. The summed E-state index contributed by atoms with van der Waals surface area (Å²) in [6.45, 7) is 3.73. The Kier molecular flexibility index (Phi) is 6.31. The summed E-state index contributed by atoms with van der Waals surface area (Å²) >= 11 is 6.13. The standard InChI is InChI=1S/C26H20BrN3O3S2/c1-14-6-3-4-7-18(14)29-24(32)22-15(2)28-26-30(23(22)20-8-5-11-34-20)25(33)21(35-26)13-16-12-17(27)9-10-19(16)31/h3-13,23,31H,1-2H3,(H,29,32). The van der Waals surface area contributed by atoms with E-state index >= 15 is 0 Å². The molecule has 1 atom stereocenters. The predicted molar refractivity (Wildman–Crippen MR) is 144 cm³/mol. The van der Waals surface area contributed by atoms with Crippen LogP contribution in [0.15, 0.2) is 85.5 Å². The molecule has 0 fully saturated rings. The molecule has 2 aromatic carbocycles. The van der Waals surface area contributed by atoms with Gasteiger partial charge in [0.25, 0.3) is 11.5 Å². The fraction of sp³-hybridized carbons (Fsp3) is 0.115. The van der Waals surface area contributed by atoms with E-state index in [9.17, 15) is 14.7 Å². The van der Waals surface area contributed by atoms with Crippen LogP contribution in [0.2, 0.25) is 0 Å². The number of para-hydroxylation sites is 1. The van der Waals surface area contributed by atoms with Crippen molar-refractivity contribution in [2.24, 2.45) is 4.99 Å². The molecule has 0 saturated carbocycles. The SMILES string of the molecule is CC1=C(C(=O)Nc2ccccc2C)C(c2cccs2)n2c(sc(=Cc3cc(Br)ccc3O)c2=O)=N1. The molecule has 0 radical (unpaired) electrons. The molecule has 1 amide bonds. The van der Waals surface area contributed by atoms with Crippen molar-refractivity contribution >= 4 is 56.3 Å². The van der Waals surface area contributed by atoms with Crippen LogP contribution in [0.1, 0.15) is 29.0 Å². The minimum absolute atomic E-state index is 0.0725. The van der Waals surface area contributed by atoms with Gasteiger partial charge in [0.1, 0.15) is 11.8 Å². The van der Waals surface area contributed by atoms with Crippen molar-refractivity contribution in [3.8, 4) is 5.75 Å². The summed E-state index contributed by atoms with van der Waals surface area (Å²) in [6.07, 6.45) is 1.65. The number of aryl methyl sites for hydroxylation is 1. The Balaban J connectivity index is 1.67. The average Bonchev–Trinajstić information content (AvgIpc) is 3.45. The normalized spacial score (nSPS) is 15.6. The van der Waals surface area contributed by atoms with Gasteiger partial charge in [-0.3, -0.25) is 14.2 Å². The molecular weight excluding hydrogens is 546 g/mol. The number of halogens is 1. The number of rotatable bonds is 4. The maximum absolute atomic E-state index is 13.6. The molecule has 1 aliphatic heterocycles. The Morgan fingerprint density at radius 1 is 1.17 bits per heavy atom. The van der Waals surface area contributed by atoms with Crippen molar-refractivity contribution in [1.29, 1.82) is 0 Å². The van der Waals surface area contributed by atoms with Gasteiger partial charge in [0, 0.05) is 20.6 Å². The van der Waals surface area contributed by atoms with Crippen LogP contribution in [0.3, 0.4) is 0 Å². The van der Waals surface area contributed by atoms with E-state index < -0.39 is 6.04 Å². The lowest BCUT2D eigenvalue weighted by Gasteiger charge is -2.24. The molecule has 5 rings (SSSR count). The van der Waals surface area contributed by atoms with E-state index in [1.165, 1.54) is 22.7 Å². The smallest absolute Gasteiger partial charge is 0.271 e. The third kappa shape index (κ3) is 4.42. The van der Waals surface area contributed by atoms with Gasteiger partial charge in [-0.25, -0.2) is 4.99 Å². The summed E-state index contributed by atoms with van der Waals surface area (Å²) in [5.41, 5.74) is 2.90. The number of nitrogens with one attached hydrogen (secondary N) is 1. The summed E-state index contributed by atoms with van der Waals surface area (Å²) in [7, 11) is 0. The molecule has 3 heterocycles. The Hall–Kier alpha value is -3.27. The van der Waals surface area contributed by atoms with Crippen LogP contribution in [-0.2, 0) is 4.79 Å². The van der Waals surface area contributed by atoms with Gasteiger partial charge in [0.05, 0.1) is 15.8 Å². The topological polar surface area (TPSA) is 83.7 Å². The number of nitrogens with zero attached hydrogens (tertiary/aromatic N) is 2. The molecule has 0 bridgehead atoms. The number of allylic oxidation sites excluding steroid dienone is 1. The van der Waals surface area contributed by atoms with Crippen LogP contribution < -0.4 is 20.2 Å². The number of fused-ring (bicyclic) bond motifs is 1. The summed E-state index contributed by atoms with van der Waals surface area (Å²) in [4.78, 5) is 33.2. The van der Waals surface area contributed by atoms with Crippen molar-refractivity contribution < 1.29 is 9.90 Å². The van der Waals surface area contributed by atoms with Crippen molar-refractivity contribution in [2.75, 3.05) is 5.32 Å². The molecule has 4 aromatic rings. The van der Waals surface area contributed by atoms with Gasteiger partial charge in [0.2, 0.25) is 0 Å². The van der Waals surface area contributed by atoms with E-state index in [0.717, 1.165) is 14.9 Å². The van der Waals surface area contributed by atoms with E-state index in [1.807, 2.05) is 48.7 Å². The highest BCUT2D eigenvalue weighted by Gasteiger charge is 2.33. The van der Waals surface area contributed by atoms with Gasteiger partial charge in [-0.05, 0) is 61.2 Å². The maximum atomic E-state index is 13.6. The first-order valence-corrected chi connectivity index (χ1v) is 13.2. The van der Waals surface area contributed by atoms with E-state index in [2.05, 4.69) is 26.2 Å². The van der Waals surface area contributed by atoms with Crippen LogP contribution in [-0.4, -0.2) is 15.6 Å². The lowest BCUT2D eigenvalue weighted by atomic mass is 10.0. The molecule has 6 nitrogen and oxygen atoms in total. The number of hydrogen-bond acceptors (Lipinski definition) is 6. The number of carbonyl (C=O) groups excluding carboxylic acids is 1. The monoisotopic (exact) mass is 565 g/mol. The largest absolute Gasteiger partial charge is 0.507 e. The third-order valence-corrected chi connectivity index (χ3v) is 8.15. The molecule has 1 aliphatic rings. The zero-order valence-electron chi connectivity index (χ0n) is 18.8. The number of phenols is 1. The Labute approximate surface area is 217 Å². The quantitative estimate of drug-likeness (QED) is 0.376. The van der Waals surface area contributed by atoms with Crippen molar-refractivity contribution in [3.63, 3.8) is 0 Å². The van der Waals surface area contributed by atoms with Gasteiger partial charge in [-0.15, -0.1) is 11.3 Å². The molecule has 0 saturated heterocycles. The van der Waals surface area contributed by atoms with Crippen molar-refractivity contribution in [2.45, 2.75) is 19.9 Å². The van der Waals surface area contributed by atoms with Crippen LogP contribution in [0, 0.1) is 6.92 Å². The van der Waals surface area contributed by atoms with Gasteiger partial charge >= 0.3 is 0 Å². The predicted octanol–water partition coefficient (Wildman–Crippen LogP) is 4.71. The fourth-order valence-electron chi connectivity index (χ4n) is 4.01. The Morgan fingerprint density at radius 3 is 2.71 bits per heavy atom. The van der Waals surface area contributed by atoms with Crippen LogP contribution >= 0.6 is 38.6 Å². The van der Waals surface area contributed by atoms with Crippen molar-refractivity contribution in [3.05, 3.63) is 111 Å². The van der Waals surface area contributed by atoms with E-state index in [-0.39, 0.29) is 17.2 Å². The van der Waals surface area contributed by atoms with Crippen LogP contribution in [0.4, 0.5) is 5.69 Å². The second-order valence-electron chi connectivity index (χ2n) is 8.07.